The van der Waals surface area contributed by atoms with Crippen LogP contribution in [0.15, 0.2) is 48.5 Å². The topological polar surface area (TPSA) is 137 Å². The van der Waals surface area contributed by atoms with Crippen LogP contribution in [0.3, 0.4) is 0 Å². The molecule has 5 rings (SSSR count). The molecule has 0 radical (unpaired) electrons. The fourth-order valence-electron chi connectivity index (χ4n) is 5.18. The molecule has 3 aromatic rings. The van der Waals surface area contributed by atoms with E-state index in [1.54, 1.807) is 29.2 Å². The predicted octanol–water partition coefficient (Wildman–Crippen LogP) is 2.51. The van der Waals surface area contributed by atoms with Crippen LogP contribution in [0.5, 0.6) is 0 Å². The van der Waals surface area contributed by atoms with Gasteiger partial charge in [0.25, 0.3) is 5.91 Å². The summed E-state index contributed by atoms with van der Waals surface area (Å²) in [6, 6.07) is 14.6. The molecule has 11 heteroatoms. The van der Waals surface area contributed by atoms with Gasteiger partial charge in [-0.05, 0) is 62.6 Å². The quantitative estimate of drug-likeness (QED) is 0.464. The van der Waals surface area contributed by atoms with E-state index in [-0.39, 0.29) is 42.2 Å². The molecule has 1 saturated heterocycles. The number of carbonyl (C=O) groups is 3. The first-order valence-electron chi connectivity index (χ1n) is 12.3. The van der Waals surface area contributed by atoms with Gasteiger partial charge >= 0.3 is 0 Å². The number of amides is 3. The molecule has 0 bridgehead atoms. The summed E-state index contributed by atoms with van der Waals surface area (Å²) in [5.41, 5.74) is 7.40. The molecule has 3 heterocycles. The Morgan fingerprint density at radius 1 is 1.21 bits per heavy atom. The van der Waals surface area contributed by atoms with Crippen molar-refractivity contribution >= 4 is 29.2 Å². The predicted molar refractivity (Wildman–Crippen MR) is 137 cm³/mol. The molecule has 2 aliphatic heterocycles. The first-order chi connectivity index (χ1) is 18.2. The number of nitriles is 1. The van der Waals surface area contributed by atoms with E-state index < -0.39 is 11.5 Å². The summed E-state index contributed by atoms with van der Waals surface area (Å²) >= 11 is 0. The number of halogens is 1. The fraction of sp³-hybridized carbons (Fsp3) is 0.296. The molecule has 10 nitrogen and oxygen atoms in total. The number of benzene rings is 2. The van der Waals surface area contributed by atoms with Crippen LogP contribution in [0.2, 0.25) is 0 Å². The molecule has 2 aromatic carbocycles. The summed E-state index contributed by atoms with van der Waals surface area (Å²) in [5.74, 6) is -0.955. The Morgan fingerprint density at radius 2 is 1.95 bits per heavy atom. The average molecular weight is 516 g/mol. The van der Waals surface area contributed by atoms with E-state index in [1.165, 1.54) is 33.8 Å². The van der Waals surface area contributed by atoms with Gasteiger partial charge < -0.3 is 16.0 Å². The number of hydrogen-bond acceptors (Lipinski definition) is 6. The summed E-state index contributed by atoms with van der Waals surface area (Å²) in [7, 11) is 0. The molecule has 0 aliphatic carbocycles. The third kappa shape index (κ3) is 4.14. The number of aromatic nitrogens is 2. The van der Waals surface area contributed by atoms with Crippen molar-refractivity contribution in [1.29, 1.82) is 5.26 Å². The van der Waals surface area contributed by atoms with Crippen molar-refractivity contribution in [3.8, 4) is 11.8 Å². The van der Waals surface area contributed by atoms with Crippen molar-refractivity contribution in [3.05, 3.63) is 71.2 Å². The van der Waals surface area contributed by atoms with Crippen LogP contribution >= 0.6 is 0 Å². The van der Waals surface area contributed by atoms with E-state index in [9.17, 15) is 24.0 Å². The minimum atomic E-state index is -0.910. The van der Waals surface area contributed by atoms with E-state index in [1.807, 2.05) is 6.92 Å². The number of nitrogens with two attached hydrogens (primary N) is 1. The van der Waals surface area contributed by atoms with Gasteiger partial charge in [0.05, 0.1) is 22.6 Å². The lowest BCUT2D eigenvalue weighted by Gasteiger charge is -2.48. The first kappa shape index (κ1) is 25.0. The number of nitrogens with zero attached hydrogens (tertiary/aromatic N) is 5. The average Bonchev–Trinajstić information content (AvgIpc) is 3.40. The summed E-state index contributed by atoms with van der Waals surface area (Å²) in [4.78, 5) is 41.9. The van der Waals surface area contributed by atoms with Gasteiger partial charge in [-0.3, -0.25) is 19.3 Å². The zero-order valence-corrected chi connectivity index (χ0v) is 20.8. The number of fused-ring (bicyclic) bond motifs is 3. The fourth-order valence-corrected chi connectivity index (χ4v) is 5.18. The van der Waals surface area contributed by atoms with Gasteiger partial charge in [-0.25, -0.2) is 9.07 Å². The van der Waals surface area contributed by atoms with Crippen LogP contribution in [0.1, 0.15) is 47.8 Å². The molecular formula is C27H26FN7O3. The molecule has 1 aromatic heterocycles. The molecule has 1 unspecified atom stereocenters. The number of hydrogen-bond donors (Lipinski definition) is 2. The molecule has 3 amide bonds. The van der Waals surface area contributed by atoms with Gasteiger partial charge in [-0.15, -0.1) is 0 Å². The van der Waals surface area contributed by atoms with Crippen molar-refractivity contribution in [2.75, 3.05) is 23.7 Å². The molecule has 194 valence electrons. The van der Waals surface area contributed by atoms with E-state index in [0.29, 0.717) is 48.3 Å². The molecule has 3 N–H and O–H groups in total. The van der Waals surface area contributed by atoms with Gasteiger partial charge in [0, 0.05) is 13.0 Å². The Kier molecular flexibility index (Phi) is 6.32. The van der Waals surface area contributed by atoms with Crippen molar-refractivity contribution in [3.63, 3.8) is 0 Å². The van der Waals surface area contributed by atoms with Crippen molar-refractivity contribution in [1.82, 2.24) is 20.0 Å². The maximum absolute atomic E-state index is 13.3. The van der Waals surface area contributed by atoms with Gasteiger partial charge in [-0.2, -0.15) is 10.4 Å². The van der Waals surface area contributed by atoms with Gasteiger partial charge in [0.1, 0.15) is 35.5 Å². The second-order valence-electron chi connectivity index (χ2n) is 9.52. The summed E-state index contributed by atoms with van der Waals surface area (Å²) < 4.78 is 14.7. The second-order valence-corrected chi connectivity index (χ2v) is 9.52. The maximum Gasteiger partial charge on any atom is 0.258 e. The largest absolute Gasteiger partial charge is 0.382 e. The highest BCUT2D eigenvalue weighted by molar-refractivity contribution is 6.11. The molecule has 2 aliphatic rings. The molecule has 38 heavy (non-hydrogen) atoms. The van der Waals surface area contributed by atoms with Crippen molar-refractivity contribution in [2.45, 2.75) is 38.3 Å². The van der Waals surface area contributed by atoms with Crippen LogP contribution < -0.4 is 16.0 Å². The van der Waals surface area contributed by atoms with Crippen LogP contribution in [0, 0.1) is 17.1 Å². The molecular weight excluding hydrogens is 489 g/mol. The normalized spacial score (nSPS) is 18.2. The molecule has 1 atom stereocenters. The van der Waals surface area contributed by atoms with Crippen LogP contribution in [0.25, 0.3) is 5.69 Å². The summed E-state index contributed by atoms with van der Waals surface area (Å²) in [6.07, 6.45) is 1.58. The minimum absolute atomic E-state index is 0.0782. The molecule has 0 saturated carbocycles. The molecule has 0 spiro atoms. The monoisotopic (exact) mass is 515 g/mol. The number of rotatable bonds is 7. The lowest BCUT2D eigenvalue weighted by molar-refractivity contribution is -0.124. The number of aryl methyl sites for hydroxylation is 1. The highest BCUT2D eigenvalue weighted by Crippen LogP contribution is 2.43. The number of para-hydroxylation sites is 1. The third-order valence-electron chi connectivity index (χ3n) is 7.14. The lowest BCUT2D eigenvalue weighted by atomic mass is 9.98. The van der Waals surface area contributed by atoms with Crippen LogP contribution in [-0.2, 0) is 16.0 Å². The lowest BCUT2D eigenvalue weighted by Crippen LogP contribution is -2.63. The van der Waals surface area contributed by atoms with Gasteiger partial charge in [0.2, 0.25) is 11.8 Å². The minimum Gasteiger partial charge on any atom is -0.382 e. The number of carbonyl (C=O) groups excluding carboxylic acids is 3. The van der Waals surface area contributed by atoms with Crippen molar-refractivity contribution < 1.29 is 18.8 Å². The highest BCUT2D eigenvalue weighted by Gasteiger charge is 2.53. The zero-order valence-electron chi connectivity index (χ0n) is 20.8. The second kappa shape index (κ2) is 9.63. The number of nitrogen functional groups attached to an aromatic ring is 1. The van der Waals surface area contributed by atoms with Crippen molar-refractivity contribution in [2.24, 2.45) is 0 Å². The van der Waals surface area contributed by atoms with E-state index in [0.717, 1.165) is 0 Å². The Balaban J connectivity index is 1.23. The summed E-state index contributed by atoms with van der Waals surface area (Å²) in [6.45, 7) is 1.90. The van der Waals surface area contributed by atoms with Crippen LogP contribution in [-0.4, -0.2) is 51.2 Å². The smallest absolute Gasteiger partial charge is 0.258 e. The summed E-state index contributed by atoms with van der Waals surface area (Å²) in [5, 5.41) is 16.8. The van der Waals surface area contributed by atoms with E-state index >= 15 is 0 Å². The van der Waals surface area contributed by atoms with E-state index in [2.05, 4.69) is 16.5 Å². The Hall–Kier alpha value is -4.72. The van der Waals surface area contributed by atoms with Gasteiger partial charge in [-0.1, -0.05) is 12.1 Å². The SMILES string of the molecule is CC12CCC(=O)N1c1ccccc1C(=O)N2CC(=O)NCCCc1nn(-c2ccc(F)cc2)c(N)c1C#N. The van der Waals surface area contributed by atoms with Crippen LogP contribution in [0.4, 0.5) is 15.9 Å². The van der Waals surface area contributed by atoms with Gasteiger partial charge in [0.15, 0.2) is 0 Å². The first-order valence-corrected chi connectivity index (χ1v) is 12.3. The zero-order chi connectivity index (χ0) is 27.0. The Bertz CT molecular complexity index is 1480. The Labute approximate surface area is 218 Å². The van der Waals surface area contributed by atoms with E-state index in [4.69, 9.17) is 5.73 Å². The highest BCUT2D eigenvalue weighted by atomic mass is 19.1. The Morgan fingerprint density at radius 3 is 2.68 bits per heavy atom. The third-order valence-corrected chi connectivity index (χ3v) is 7.14. The molecule has 1 fully saturated rings. The standard InChI is InChI=1S/C27H26FN7O3/c1-27-13-12-24(37)34(27)22-7-3-2-5-19(22)26(38)33(27)16-23(36)31-14-4-6-21-20(15-29)25(30)35(32-21)18-10-8-17(28)9-11-18/h2-3,5,7-11H,4,6,12-14,16,30H2,1H3,(H,31,36). The maximum atomic E-state index is 13.3. The number of nitrogens with one attached hydrogen (secondary N) is 1. The number of anilines is 2.